The maximum absolute atomic E-state index is 10.4. The molecule has 0 aromatic heterocycles. The van der Waals surface area contributed by atoms with E-state index in [4.69, 9.17) is 23.4 Å². The number of ether oxygens (including phenoxy) is 1. The number of aromatic hydroxyl groups is 1. The monoisotopic (exact) mass is 385 g/mol. The van der Waals surface area contributed by atoms with Crippen molar-refractivity contribution in [3.63, 3.8) is 0 Å². The van der Waals surface area contributed by atoms with Crippen LogP contribution in [0.5, 0.6) is 11.5 Å². The van der Waals surface area contributed by atoms with Crippen LogP contribution in [-0.2, 0) is 11.8 Å². The number of benzene rings is 1. The number of rotatable bonds is 0. The van der Waals surface area contributed by atoms with Crippen molar-refractivity contribution >= 4 is 0 Å². The van der Waals surface area contributed by atoms with Crippen LogP contribution in [-0.4, -0.2) is 51.6 Å². The highest BCUT2D eigenvalue weighted by Gasteiger charge is 2.64. The predicted molar refractivity (Wildman–Crippen MR) is 79.8 cm³/mol. The van der Waals surface area contributed by atoms with Crippen LogP contribution in [0.1, 0.15) is 17.5 Å². The van der Waals surface area contributed by atoms with Crippen LogP contribution >= 0.6 is 0 Å². The number of aliphatic hydroxyl groups is 1. The molecule has 2 bridgehead atoms. The molecule has 9 heteroatoms. The van der Waals surface area contributed by atoms with E-state index in [0.29, 0.717) is 17.7 Å². The number of piperidine rings is 1. The Morgan fingerprint density at radius 2 is 1.96 bits per heavy atom. The zero-order chi connectivity index (χ0) is 18.9. The van der Waals surface area contributed by atoms with E-state index in [-0.39, 0.29) is 17.3 Å². The number of likely N-dealkylation sites (tertiary alicyclic amines) is 1. The molecule has 0 unspecified atom stereocenters. The van der Waals surface area contributed by atoms with E-state index >= 15 is 0 Å². The Morgan fingerprint density at radius 3 is 2.65 bits per heavy atom. The molecule has 5 atom stereocenters. The Kier molecular flexibility index (Phi) is 4.02. The van der Waals surface area contributed by atoms with Crippen molar-refractivity contribution < 1.29 is 43.8 Å². The summed E-state index contributed by atoms with van der Waals surface area (Å²) in [4.78, 5) is 2.43. The van der Waals surface area contributed by atoms with E-state index < -0.39 is 16.3 Å². The first-order valence-corrected chi connectivity index (χ1v) is 9.61. The lowest BCUT2D eigenvalue weighted by atomic mass is 9.53. The molecule has 5 rings (SSSR count). The van der Waals surface area contributed by atoms with E-state index in [1.165, 1.54) is 11.1 Å². The minimum atomic E-state index is -4.69. The average Bonchev–Trinajstić information content (AvgIpc) is 2.89. The van der Waals surface area contributed by atoms with Gasteiger partial charge in [-0.2, -0.15) is 14.0 Å². The Labute approximate surface area is 152 Å². The normalized spacial score (nSPS) is 36.7. The predicted octanol–water partition coefficient (Wildman–Crippen LogP) is -2.93. The quantitative estimate of drug-likeness (QED) is 0.403. The van der Waals surface area contributed by atoms with Crippen LogP contribution in [0.3, 0.4) is 0 Å². The number of nitrogens with zero attached hydrogens (tertiary/aromatic N) is 1. The summed E-state index contributed by atoms with van der Waals surface area (Å²) in [6, 6.07) is 4.23. The van der Waals surface area contributed by atoms with Gasteiger partial charge in [0, 0.05) is 22.9 Å². The summed E-state index contributed by atoms with van der Waals surface area (Å²) in [6.07, 6.45) is 5.18. The number of aliphatic hydroxyl groups excluding tert-OH is 1. The molecule has 0 radical (unpaired) electrons. The third kappa shape index (κ3) is 2.53. The first kappa shape index (κ1) is 18.0. The van der Waals surface area contributed by atoms with Gasteiger partial charge < -0.3 is 19.8 Å². The first-order chi connectivity index (χ1) is 12.1. The van der Waals surface area contributed by atoms with Crippen molar-refractivity contribution in [2.24, 2.45) is 5.92 Å². The summed E-state index contributed by atoms with van der Waals surface area (Å²) in [5.41, 5.74) is 2.29. The number of phenols is 1. The molecule has 1 aromatic rings. The smallest absolute Gasteiger partial charge is 0.165 e. The van der Waals surface area contributed by atoms with E-state index in [1.807, 2.05) is 12.1 Å². The maximum Gasteiger partial charge on any atom is 0.165 e. The molecule has 8 nitrogen and oxygen atoms in total. The molecule has 0 amide bonds. The highest BCUT2D eigenvalue weighted by Crippen LogP contribution is 2.62. The van der Waals surface area contributed by atoms with E-state index in [1.54, 1.807) is 6.07 Å². The van der Waals surface area contributed by atoms with E-state index in [2.05, 4.69) is 18.0 Å². The summed E-state index contributed by atoms with van der Waals surface area (Å²) >= 11 is 0. The number of hydrogen-bond acceptors (Lipinski definition) is 8. The molecule has 4 aliphatic rings. The third-order valence-electron chi connectivity index (χ3n) is 6.15. The molecular weight excluding hydrogens is 366 g/mol. The van der Waals surface area contributed by atoms with Crippen molar-refractivity contribution in [1.29, 1.82) is 0 Å². The fourth-order valence-electron chi connectivity index (χ4n) is 5.24. The fraction of sp³-hybridized carbons (Fsp3) is 0.529. The highest BCUT2D eigenvalue weighted by molar-refractivity contribution is 5.61. The van der Waals surface area contributed by atoms with Crippen LogP contribution in [0.25, 0.3) is 0 Å². The van der Waals surface area contributed by atoms with Crippen LogP contribution in [0, 0.1) is 16.2 Å². The van der Waals surface area contributed by atoms with Crippen molar-refractivity contribution in [3.8, 4) is 11.5 Å². The number of hydrogen-bond donors (Lipinski definition) is 3. The number of phenolic OH excluding ortho intramolecular Hbond substituents is 1. The zero-order valence-corrected chi connectivity index (χ0v) is 14.8. The zero-order valence-electron chi connectivity index (χ0n) is 14.0. The first-order valence-electron chi connectivity index (χ1n) is 8.35. The molecule has 2 heterocycles. The van der Waals surface area contributed by atoms with Gasteiger partial charge in [0.2, 0.25) is 0 Å². The average molecular weight is 386 g/mol. The lowest BCUT2D eigenvalue weighted by molar-refractivity contribution is -1.92. The molecule has 142 valence electrons. The minimum Gasteiger partial charge on any atom is -0.504 e. The van der Waals surface area contributed by atoms with Gasteiger partial charge in [-0.25, -0.2) is 0 Å². The standard InChI is InChI=1S/C17H19NO3.ClHO4/c1-18-7-6-17-10-3-5-13(20)16(17)21-15-12(19)4-2-9(14(15)17)8-11(10)18;2-1(3,4)5/h2-5,10-11,13,16,19-20H,6-8H2,1H3;(H,2,3,4,5)/t10-,11+,13-,16-,17-;/m0./s1. The molecular formula is C17H20ClNO7. The largest absolute Gasteiger partial charge is 0.504 e. The van der Waals surface area contributed by atoms with Gasteiger partial charge in [0.05, 0.1) is 14.9 Å². The second-order valence-corrected chi connectivity index (χ2v) is 8.12. The fourth-order valence-corrected chi connectivity index (χ4v) is 5.24. The van der Waals surface area contributed by atoms with Gasteiger partial charge in [-0.3, -0.25) is 0 Å². The highest BCUT2D eigenvalue weighted by atomic mass is 35.7. The summed E-state index contributed by atoms with van der Waals surface area (Å²) in [5.74, 6) is 1.19. The van der Waals surface area contributed by atoms with Crippen LogP contribution in [0.2, 0.25) is 0 Å². The molecule has 0 saturated carbocycles. The van der Waals surface area contributed by atoms with Gasteiger partial charge in [0.25, 0.3) is 0 Å². The SMILES string of the molecule is CN1CC[C@]23c4c5ccc(O)c4O[C@H]2[C@@H](O)C=C[C@H]3[C@H]1C5.[O-][Cl+3]([O-])([O-])O. The topological polar surface area (TPSA) is 142 Å². The molecule has 26 heavy (non-hydrogen) atoms. The summed E-state index contributed by atoms with van der Waals surface area (Å²) in [5, 5.41) is 20.6. The van der Waals surface area contributed by atoms with Crippen molar-refractivity contribution in [2.45, 2.75) is 36.5 Å². The van der Waals surface area contributed by atoms with Gasteiger partial charge in [0.1, 0.15) is 12.2 Å². The molecule has 2 aliphatic heterocycles. The molecule has 1 fully saturated rings. The van der Waals surface area contributed by atoms with Gasteiger partial charge >= 0.3 is 0 Å². The van der Waals surface area contributed by atoms with Gasteiger partial charge in [-0.15, -0.1) is 0 Å². The maximum atomic E-state index is 10.4. The molecule has 1 saturated heterocycles. The van der Waals surface area contributed by atoms with Gasteiger partial charge in [0.15, 0.2) is 11.5 Å². The molecule has 2 aliphatic carbocycles. The van der Waals surface area contributed by atoms with Crippen LogP contribution in [0.4, 0.5) is 0 Å². The molecule has 1 aromatic carbocycles. The van der Waals surface area contributed by atoms with Crippen molar-refractivity contribution in [3.05, 3.63) is 35.4 Å². The Balaban J connectivity index is 0.000000301. The number of halogens is 1. The summed E-state index contributed by atoms with van der Waals surface area (Å²) < 4.78 is 38.8. The number of likely N-dealkylation sites (N-methyl/N-ethyl adjacent to an activating group) is 1. The van der Waals surface area contributed by atoms with E-state index in [0.717, 1.165) is 19.4 Å². The van der Waals surface area contributed by atoms with Crippen LogP contribution < -0.4 is 18.7 Å². The Hall–Kier alpha value is -1.39. The van der Waals surface area contributed by atoms with Crippen molar-refractivity contribution in [2.75, 3.05) is 13.6 Å². The second-order valence-electron chi connectivity index (χ2n) is 7.33. The van der Waals surface area contributed by atoms with Crippen LogP contribution in [0.15, 0.2) is 24.3 Å². The Morgan fingerprint density at radius 1 is 1.27 bits per heavy atom. The molecule has 3 N–H and O–H groups in total. The lowest BCUT2D eigenvalue weighted by Crippen LogP contribution is -2.64. The van der Waals surface area contributed by atoms with Gasteiger partial charge in [-0.1, -0.05) is 18.2 Å². The van der Waals surface area contributed by atoms with E-state index in [9.17, 15) is 10.2 Å². The molecule has 1 spiro atoms. The summed E-state index contributed by atoms with van der Waals surface area (Å²) in [7, 11) is -2.51. The Bertz CT molecular complexity index is 758. The third-order valence-corrected chi connectivity index (χ3v) is 6.15. The second kappa shape index (κ2) is 5.80. The van der Waals surface area contributed by atoms with Crippen molar-refractivity contribution in [1.82, 2.24) is 4.90 Å². The summed E-state index contributed by atoms with van der Waals surface area (Å²) in [6.45, 7) is 1.01. The van der Waals surface area contributed by atoms with Gasteiger partial charge in [-0.05, 0) is 38.1 Å². The lowest BCUT2D eigenvalue weighted by Gasteiger charge is -2.56. The minimum absolute atomic E-state index is 0.160.